The minimum Gasteiger partial charge on any atom is -0.497 e. The highest BCUT2D eigenvalue weighted by Gasteiger charge is 2.16. The third kappa shape index (κ3) is 6.86. The van der Waals surface area contributed by atoms with Crippen LogP contribution in [0, 0.1) is 0 Å². The third-order valence-electron chi connectivity index (χ3n) is 4.06. The summed E-state index contributed by atoms with van der Waals surface area (Å²) in [7, 11) is -2.09. The minimum atomic E-state index is -3.67. The molecule has 0 aliphatic rings. The molecule has 1 atom stereocenters. The van der Waals surface area contributed by atoms with Gasteiger partial charge in [-0.2, -0.15) is 0 Å². The van der Waals surface area contributed by atoms with Crippen molar-refractivity contribution < 1.29 is 23.0 Å². The standard InChI is InChI=1S/C20H27NO5S/c1-3-4-5-16-6-12-20(13-7-16)27(23,24)21-14-17(22)15-26-19-10-8-18(25-2)9-11-19/h6-13,17,21-22H,3-5,14-15H2,1-2H3. The number of hydrogen-bond donors (Lipinski definition) is 2. The molecule has 148 valence electrons. The van der Waals surface area contributed by atoms with E-state index in [1.807, 2.05) is 12.1 Å². The number of ether oxygens (including phenoxy) is 2. The summed E-state index contributed by atoms with van der Waals surface area (Å²) in [5.41, 5.74) is 1.11. The third-order valence-corrected chi connectivity index (χ3v) is 5.50. The van der Waals surface area contributed by atoms with Crippen LogP contribution < -0.4 is 14.2 Å². The van der Waals surface area contributed by atoms with E-state index in [9.17, 15) is 13.5 Å². The van der Waals surface area contributed by atoms with Crippen molar-refractivity contribution in [2.24, 2.45) is 0 Å². The van der Waals surface area contributed by atoms with Crippen LogP contribution in [-0.4, -0.2) is 39.9 Å². The van der Waals surface area contributed by atoms with Crippen molar-refractivity contribution in [2.45, 2.75) is 37.2 Å². The van der Waals surface area contributed by atoms with Gasteiger partial charge in [0.15, 0.2) is 0 Å². The van der Waals surface area contributed by atoms with Crippen molar-refractivity contribution in [1.29, 1.82) is 0 Å². The number of methoxy groups -OCH3 is 1. The summed E-state index contributed by atoms with van der Waals surface area (Å²) in [6.45, 7) is 1.97. The Morgan fingerprint density at radius 2 is 1.67 bits per heavy atom. The van der Waals surface area contributed by atoms with Crippen LogP contribution in [0.2, 0.25) is 0 Å². The molecule has 0 aliphatic heterocycles. The monoisotopic (exact) mass is 393 g/mol. The van der Waals surface area contributed by atoms with Gasteiger partial charge in [0.05, 0.1) is 12.0 Å². The minimum absolute atomic E-state index is 0.0230. The fourth-order valence-corrected chi connectivity index (χ4v) is 3.50. The highest BCUT2D eigenvalue weighted by molar-refractivity contribution is 7.89. The number of nitrogens with one attached hydrogen (secondary N) is 1. The molecule has 2 aromatic carbocycles. The van der Waals surface area contributed by atoms with Crippen molar-refractivity contribution in [3.63, 3.8) is 0 Å². The molecule has 0 aromatic heterocycles. The highest BCUT2D eigenvalue weighted by Crippen LogP contribution is 2.17. The number of sulfonamides is 1. The number of benzene rings is 2. The fraction of sp³-hybridized carbons (Fsp3) is 0.400. The molecule has 27 heavy (non-hydrogen) atoms. The SMILES string of the molecule is CCCCc1ccc(S(=O)(=O)NCC(O)COc2ccc(OC)cc2)cc1. The quantitative estimate of drug-likeness (QED) is 0.613. The summed E-state index contributed by atoms with van der Waals surface area (Å²) >= 11 is 0. The summed E-state index contributed by atoms with van der Waals surface area (Å²) in [5.74, 6) is 1.27. The molecule has 0 aliphatic carbocycles. The Bertz CT molecular complexity index is 788. The zero-order valence-corrected chi connectivity index (χ0v) is 16.5. The Morgan fingerprint density at radius 3 is 2.26 bits per heavy atom. The molecular formula is C20H27NO5S. The molecule has 0 spiro atoms. The molecule has 2 rings (SSSR count). The first-order chi connectivity index (χ1) is 12.9. The highest BCUT2D eigenvalue weighted by atomic mass is 32.2. The van der Waals surface area contributed by atoms with E-state index in [1.54, 1.807) is 43.5 Å². The lowest BCUT2D eigenvalue weighted by Crippen LogP contribution is -2.35. The maximum atomic E-state index is 12.3. The predicted molar refractivity (Wildman–Crippen MR) is 105 cm³/mol. The Labute approximate surface area is 161 Å². The van der Waals surface area contributed by atoms with Crippen molar-refractivity contribution in [2.75, 3.05) is 20.3 Å². The van der Waals surface area contributed by atoms with E-state index in [2.05, 4.69) is 11.6 Å². The Balaban J connectivity index is 1.82. The summed E-state index contributed by atoms with van der Waals surface area (Å²) < 4.78 is 37.6. The van der Waals surface area contributed by atoms with Gasteiger partial charge in [-0.15, -0.1) is 0 Å². The molecule has 6 nitrogen and oxygen atoms in total. The summed E-state index contributed by atoms with van der Waals surface area (Å²) in [6.07, 6.45) is 2.14. The molecule has 0 bridgehead atoms. The normalized spacial score (nSPS) is 12.6. The molecular weight excluding hydrogens is 366 g/mol. The Kier molecular flexibility index (Phi) is 8.09. The van der Waals surface area contributed by atoms with Crippen molar-refractivity contribution in [3.8, 4) is 11.5 Å². The second-order valence-electron chi connectivity index (χ2n) is 6.24. The average molecular weight is 394 g/mol. The first-order valence-corrected chi connectivity index (χ1v) is 10.5. The lowest BCUT2D eigenvalue weighted by Gasteiger charge is -2.14. The van der Waals surface area contributed by atoms with Gasteiger partial charge >= 0.3 is 0 Å². The van der Waals surface area contributed by atoms with Crippen LogP contribution in [0.1, 0.15) is 25.3 Å². The first kappa shape index (κ1) is 21.2. The van der Waals surface area contributed by atoms with Gasteiger partial charge in [-0.3, -0.25) is 0 Å². The van der Waals surface area contributed by atoms with Crippen LogP contribution in [0.3, 0.4) is 0 Å². The number of aryl methyl sites for hydroxylation is 1. The molecule has 7 heteroatoms. The van der Waals surface area contributed by atoms with Crippen LogP contribution in [0.15, 0.2) is 53.4 Å². The van der Waals surface area contributed by atoms with Gasteiger partial charge in [-0.25, -0.2) is 13.1 Å². The van der Waals surface area contributed by atoms with Gasteiger partial charge in [0.1, 0.15) is 24.2 Å². The number of aliphatic hydroxyl groups excluding tert-OH is 1. The van der Waals surface area contributed by atoms with Gasteiger partial charge in [-0.1, -0.05) is 25.5 Å². The van der Waals surface area contributed by atoms with Gasteiger partial charge in [0.2, 0.25) is 10.0 Å². The van der Waals surface area contributed by atoms with Crippen LogP contribution in [-0.2, 0) is 16.4 Å². The topological polar surface area (TPSA) is 84.9 Å². The molecule has 0 saturated heterocycles. The molecule has 0 amide bonds. The van der Waals surface area contributed by atoms with E-state index in [1.165, 1.54) is 0 Å². The molecule has 0 saturated carbocycles. The van der Waals surface area contributed by atoms with Crippen molar-refractivity contribution in [3.05, 3.63) is 54.1 Å². The lowest BCUT2D eigenvalue weighted by molar-refractivity contribution is 0.111. The van der Waals surface area contributed by atoms with Crippen LogP contribution in [0.4, 0.5) is 0 Å². The van der Waals surface area contributed by atoms with Gasteiger partial charge in [-0.05, 0) is 54.8 Å². The molecule has 1 unspecified atom stereocenters. The first-order valence-electron chi connectivity index (χ1n) is 8.98. The molecule has 0 radical (unpaired) electrons. The van der Waals surface area contributed by atoms with Gasteiger partial charge in [0.25, 0.3) is 0 Å². The van der Waals surface area contributed by atoms with Gasteiger partial charge < -0.3 is 14.6 Å². The number of unbranched alkanes of at least 4 members (excludes halogenated alkanes) is 1. The summed E-state index contributed by atoms with van der Waals surface area (Å²) in [6, 6.07) is 13.8. The van der Waals surface area contributed by atoms with E-state index in [4.69, 9.17) is 9.47 Å². The largest absolute Gasteiger partial charge is 0.497 e. The smallest absolute Gasteiger partial charge is 0.240 e. The number of hydrogen-bond acceptors (Lipinski definition) is 5. The van der Waals surface area contributed by atoms with E-state index in [0.717, 1.165) is 24.8 Å². The molecule has 2 aromatic rings. The molecule has 0 heterocycles. The molecule has 2 N–H and O–H groups in total. The Hall–Kier alpha value is -2.09. The second-order valence-corrected chi connectivity index (χ2v) is 8.01. The van der Waals surface area contributed by atoms with E-state index in [-0.39, 0.29) is 18.0 Å². The summed E-state index contributed by atoms with van der Waals surface area (Å²) in [5, 5.41) is 9.99. The second kappa shape index (κ2) is 10.3. The van der Waals surface area contributed by atoms with Crippen molar-refractivity contribution in [1.82, 2.24) is 4.72 Å². The zero-order valence-electron chi connectivity index (χ0n) is 15.7. The van der Waals surface area contributed by atoms with Crippen LogP contribution >= 0.6 is 0 Å². The van der Waals surface area contributed by atoms with Gasteiger partial charge in [0, 0.05) is 6.54 Å². The fourth-order valence-electron chi connectivity index (χ4n) is 2.43. The van der Waals surface area contributed by atoms with Crippen molar-refractivity contribution >= 4 is 10.0 Å². The maximum absolute atomic E-state index is 12.3. The summed E-state index contributed by atoms with van der Waals surface area (Å²) in [4.78, 5) is 0.186. The average Bonchev–Trinajstić information content (AvgIpc) is 2.70. The van der Waals surface area contributed by atoms with Crippen LogP contribution in [0.25, 0.3) is 0 Å². The van der Waals surface area contributed by atoms with E-state index >= 15 is 0 Å². The molecule has 0 fully saturated rings. The predicted octanol–water partition coefficient (Wildman–Crippen LogP) is 2.76. The number of rotatable bonds is 11. The van der Waals surface area contributed by atoms with Crippen LogP contribution in [0.5, 0.6) is 11.5 Å². The number of aliphatic hydroxyl groups is 1. The van der Waals surface area contributed by atoms with E-state index < -0.39 is 16.1 Å². The van der Waals surface area contributed by atoms with E-state index in [0.29, 0.717) is 11.5 Å². The lowest BCUT2D eigenvalue weighted by atomic mass is 10.1. The zero-order chi connectivity index (χ0) is 19.7. The maximum Gasteiger partial charge on any atom is 0.240 e. The Morgan fingerprint density at radius 1 is 1.04 bits per heavy atom.